The van der Waals surface area contributed by atoms with Gasteiger partial charge in [-0.15, -0.1) is 0 Å². The monoisotopic (exact) mass is 460 g/mol. The summed E-state index contributed by atoms with van der Waals surface area (Å²) < 4.78 is 0. The SMILES string of the molecule is Cc1cc2c(cc1Sc1ccccc1)-c1cc(Sc3ccccc3)c(C)cc1SS2. The van der Waals surface area contributed by atoms with Crippen molar-refractivity contribution in [3.05, 3.63) is 96.1 Å². The van der Waals surface area contributed by atoms with Crippen molar-refractivity contribution in [2.24, 2.45) is 0 Å². The summed E-state index contributed by atoms with van der Waals surface area (Å²) >= 11 is 3.70. The molecule has 30 heavy (non-hydrogen) atoms. The first-order valence-electron chi connectivity index (χ1n) is 9.77. The largest absolute Gasteiger partial charge is 0.0898 e. The van der Waals surface area contributed by atoms with Gasteiger partial charge in [0.15, 0.2) is 0 Å². The fraction of sp³-hybridized carbons (Fsp3) is 0.0769. The second-order valence-corrected chi connectivity index (χ2v) is 11.7. The minimum atomic E-state index is 1.28. The highest BCUT2D eigenvalue weighted by Gasteiger charge is 2.21. The van der Waals surface area contributed by atoms with Gasteiger partial charge in [0.05, 0.1) is 0 Å². The first-order chi connectivity index (χ1) is 14.7. The Bertz CT molecular complexity index is 1100. The van der Waals surface area contributed by atoms with Gasteiger partial charge in [0.2, 0.25) is 0 Å². The third-order valence-corrected chi connectivity index (χ3v) is 9.79. The highest BCUT2D eigenvalue weighted by Crippen LogP contribution is 2.54. The topological polar surface area (TPSA) is 0 Å². The molecule has 1 aliphatic heterocycles. The van der Waals surface area contributed by atoms with E-state index in [9.17, 15) is 0 Å². The zero-order valence-electron chi connectivity index (χ0n) is 16.7. The minimum absolute atomic E-state index is 1.28. The molecular weight excluding hydrogens is 441 g/mol. The summed E-state index contributed by atoms with van der Waals surface area (Å²) in [4.78, 5) is 7.95. The molecule has 148 valence electrons. The fourth-order valence-electron chi connectivity index (χ4n) is 3.42. The third-order valence-electron chi connectivity index (χ3n) is 5.01. The number of aryl methyl sites for hydroxylation is 2. The van der Waals surface area contributed by atoms with Crippen LogP contribution < -0.4 is 0 Å². The maximum Gasteiger partial charge on any atom is 0.0268 e. The molecule has 0 aliphatic carbocycles. The summed E-state index contributed by atoms with van der Waals surface area (Å²) in [5.74, 6) is 0. The van der Waals surface area contributed by atoms with Crippen LogP contribution in [-0.4, -0.2) is 0 Å². The molecule has 0 bridgehead atoms. The molecule has 5 rings (SSSR count). The zero-order chi connectivity index (χ0) is 20.5. The molecule has 1 heterocycles. The lowest BCUT2D eigenvalue weighted by Gasteiger charge is -2.22. The maximum atomic E-state index is 2.39. The summed E-state index contributed by atoms with van der Waals surface area (Å²) in [5, 5.41) is 0. The van der Waals surface area contributed by atoms with E-state index >= 15 is 0 Å². The molecule has 0 radical (unpaired) electrons. The van der Waals surface area contributed by atoms with Crippen molar-refractivity contribution in [1.82, 2.24) is 0 Å². The average Bonchev–Trinajstić information content (AvgIpc) is 2.76. The number of hydrogen-bond donors (Lipinski definition) is 0. The van der Waals surface area contributed by atoms with Gasteiger partial charge in [-0.3, -0.25) is 0 Å². The Labute approximate surface area is 194 Å². The van der Waals surface area contributed by atoms with Gasteiger partial charge in [0.25, 0.3) is 0 Å². The molecule has 0 spiro atoms. The van der Waals surface area contributed by atoms with Crippen LogP contribution in [0.4, 0.5) is 0 Å². The molecule has 0 nitrogen and oxygen atoms in total. The van der Waals surface area contributed by atoms with Crippen LogP contribution in [0.5, 0.6) is 0 Å². The Kier molecular flexibility index (Phi) is 5.92. The molecule has 0 fully saturated rings. The van der Waals surface area contributed by atoms with Gasteiger partial charge in [-0.25, -0.2) is 0 Å². The molecule has 1 aliphatic rings. The van der Waals surface area contributed by atoms with Crippen LogP contribution in [0, 0.1) is 13.8 Å². The van der Waals surface area contributed by atoms with Crippen LogP contribution >= 0.6 is 45.1 Å². The number of rotatable bonds is 4. The van der Waals surface area contributed by atoms with E-state index < -0.39 is 0 Å². The van der Waals surface area contributed by atoms with E-state index in [1.807, 2.05) is 45.1 Å². The van der Waals surface area contributed by atoms with Gasteiger partial charge in [0, 0.05) is 29.4 Å². The van der Waals surface area contributed by atoms with E-state index in [4.69, 9.17) is 0 Å². The van der Waals surface area contributed by atoms with E-state index in [1.165, 1.54) is 51.6 Å². The van der Waals surface area contributed by atoms with Crippen LogP contribution in [0.3, 0.4) is 0 Å². The first kappa shape index (κ1) is 20.2. The van der Waals surface area contributed by atoms with Gasteiger partial charge < -0.3 is 0 Å². The summed E-state index contributed by atoms with van der Waals surface area (Å²) in [5.41, 5.74) is 5.38. The molecule has 0 saturated carbocycles. The lowest BCUT2D eigenvalue weighted by molar-refractivity contribution is 1.20. The van der Waals surface area contributed by atoms with Crippen molar-refractivity contribution in [3.63, 3.8) is 0 Å². The molecule has 0 N–H and O–H groups in total. The van der Waals surface area contributed by atoms with Crippen LogP contribution in [0.15, 0.2) is 114 Å². The Morgan fingerprint density at radius 2 is 0.933 bits per heavy atom. The molecule has 4 heteroatoms. The second kappa shape index (κ2) is 8.80. The Morgan fingerprint density at radius 1 is 0.533 bits per heavy atom. The Balaban J connectivity index is 1.56. The maximum absolute atomic E-state index is 2.39. The van der Waals surface area contributed by atoms with E-state index in [0.29, 0.717) is 0 Å². The number of hydrogen-bond acceptors (Lipinski definition) is 4. The summed E-state index contributed by atoms with van der Waals surface area (Å²) in [7, 11) is 3.76. The Hall–Kier alpha value is -1.72. The van der Waals surface area contributed by atoms with Crippen molar-refractivity contribution in [3.8, 4) is 11.1 Å². The van der Waals surface area contributed by atoms with Crippen LogP contribution in [0.1, 0.15) is 11.1 Å². The normalized spacial score (nSPS) is 12.3. The van der Waals surface area contributed by atoms with E-state index in [0.717, 1.165) is 0 Å². The predicted molar refractivity (Wildman–Crippen MR) is 134 cm³/mol. The molecular formula is C26H20S4. The Morgan fingerprint density at radius 3 is 1.33 bits per heavy atom. The fourth-order valence-corrected chi connectivity index (χ4v) is 7.82. The molecule has 4 aromatic carbocycles. The van der Waals surface area contributed by atoms with Crippen molar-refractivity contribution < 1.29 is 0 Å². The van der Waals surface area contributed by atoms with E-state index in [2.05, 4.69) is 98.8 Å². The molecule has 0 amide bonds. The lowest BCUT2D eigenvalue weighted by Crippen LogP contribution is -1.95. The summed E-state index contributed by atoms with van der Waals surface area (Å²) in [6.45, 7) is 4.44. The number of fused-ring (bicyclic) bond motifs is 3. The minimum Gasteiger partial charge on any atom is -0.0898 e. The first-order valence-corrected chi connectivity index (χ1v) is 13.6. The van der Waals surface area contributed by atoms with Crippen LogP contribution in [0.2, 0.25) is 0 Å². The zero-order valence-corrected chi connectivity index (χ0v) is 20.0. The van der Waals surface area contributed by atoms with Crippen LogP contribution in [-0.2, 0) is 0 Å². The standard InChI is InChI=1S/C26H20S4/c1-17-13-25-21(15-23(17)27-19-9-5-3-6-10-19)22-16-24(18(2)14-26(22)30-29-25)28-20-11-7-4-8-12-20/h3-16H,1-2H3. The highest BCUT2D eigenvalue weighted by molar-refractivity contribution is 8.76. The molecule has 0 saturated heterocycles. The van der Waals surface area contributed by atoms with E-state index in [-0.39, 0.29) is 0 Å². The van der Waals surface area contributed by atoms with Crippen LogP contribution in [0.25, 0.3) is 11.1 Å². The van der Waals surface area contributed by atoms with Gasteiger partial charge in [-0.1, -0.05) is 81.5 Å². The quantitative estimate of drug-likeness (QED) is 0.278. The smallest absolute Gasteiger partial charge is 0.0268 e. The second-order valence-electron chi connectivity index (χ2n) is 7.22. The highest BCUT2D eigenvalue weighted by atomic mass is 33.1. The third kappa shape index (κ3) is 4.19. The molecule has 0 unspecified atom stereocenters. The predicted octanol–water partition coefficient (Wildman–Crippen LogP) is 9.39. The van der Waals surface area contributed by atoms with Gasteiger partial charge in [-0.2, -0.15) is 0 Å². The van der Waals surface area contributed by atoms with Crippen molar-refractivity contribution in [1.29, 1.82) is 0 Å². The lowest BCUT2D eigenvalue weighted by atomic mass is 10.0. The molecule has 0 aromatic heterocycles. The van der Waals surface area contributed by atoms with Crippen molar-refractivity contribution in [2.75, 3.05) is 0 Å². The summed E-state index contributed by atoms with van der Waals surface area (Å²) in [6.07, 6.45) is 0. The van der Waals surface area contributed by atoms with Gasteiger partial charge in [0.1, 0.15) is 0 Å². The molecule has 4 aromatic rings. The number of benzene rings is 4. The summed E-state index contributed by atoms with van der Waals surface area (Å²) in [6, 6.07) is 30.8. The van der Waals surface area contributed by atoms with E-state index in [1.54, 1.807) is 0 Å². The van der Waals surface area contributed by atoms with Crippen molar-refractivity contribution >= 4 is 45.1 Å². The van der Waals surface area contributed by atoms with Gasteiger partial charge >= 0.3 is 0 Å². The van der Waals surface area contributed by atoms with Crippen molar-refractivity contribution in [2.45, 2.75) is 43.2 Å². The average molecular weight is 461 g/mol. The van der Waals surface area contributed by atoms with Gasteiger partial charge in [-0.05, 0) is 84.6 Å². The molecule has 0 atom stereocenters.